The quantitative estimate of drug-likeness (QED) is 0.372. The van der Waals surface area contributed by atoms with Crippen molar-refractivity contribution in [3.8, 4) is 5.75 Å². The lowest BCUT2D eigenvalue weighted by atomic mass is 9.44. The number of benzene rings is 1. The topological polar surface area (TPSA) is 61.3 Å². The van der Waals surface area contributed by atoms with Crippen LogP contribution in [0, 0.1) is 52.3 Å². The van der Waals surface area contributed by atoms with Gasteiger partial charge in [0.1, 0.15) is 5.75 Å². The first kappa shape index (κ1) is 26.2. The molecule has 3 unspecified atom stereocenters. The van der Waals surface area contributed by atoms with E-state index in [1.54, 1.807) is 0 Å². The largest absolute Gasteiger partial charge is 0.490 e. The lowest BCUT2D eigenvalue weighted by molar-refractivity contribution is -0.126. The van der Waals surface area contributed by atoms with Crippen molar-refractivity contribution in [2.24, 2.45) is 52.3 Å². The third kappa shape index (κ3) is 4.78. The molecule has 3 nitrogen and oxygen atoms in total. The maximum atomic E-state index is 6.46. The van der Waals surface area contributed by atoms with Crippen molar-refractivity contribution >= 4 is 11.4 Å². The van der Waals surface area contributed by atoms with Crippen molar-refractivity contribution in [1.82, 2.24) is 0 Å². The Kier molecular flexibility index (Phi) is 7.33. The molecule has 9 atom stereocenters. The Morgan fingerprint density at radius 2 is 1.53 bits per heavy atom. The van der Waals surface area contributed by atoms with Crippen molar-refractivity contribution in [3.05, 3.63) is 18.2 Å². The Labute approximate surface area is 221 Å². The Morgan fingerprint density at radius 1 is 0.833 bits per heavy atom. The van der Waals surface area contributed by atoms with Gasteiger partial charge in [-0.3, -0.25) is 0 Å². The van der Waals surface area contributed by atoms with E-state index in [1.807, 2.05) is 18.2 Å². The molecule has 0 aliphatic heterocycles. The van der Waals surface area contributed by atoms with Crippen LogP contribution in [0.3, 0.4) is 0 Å². The molecule has 0 amide bonds. The van der Waals surface area contributed by atoms with Crippen LogP contribution >= 0.6 is 0 Å². The SMILES string of the molecule is CC(C)CCCC(C)[C@H]1CC[C@H]2[C@@H]3CCC4CC(Oc5cc(N)cc(N)c5)CC[C@]4(C)[C@H]3CC[C@]12C. The van der Waals surface area contributed by atoms with Gasteiger partial charge in [0.05, 0.1) is 6.10 Å². The van der Waals surface area contributed by atoms with Crippen LogP contribution in [0.1, 0.15) is 112 Å². The summed E-state index contributed by atoms with van der Waals surface area (Å²) >= 11 is 0. The molecule has 1 aromatic carbocycles. The van der Waals surface area contributed by atoms with Crippen LogP contribution in [-0.4, -0.2) is 6.10 Å². The van der Waals surface area contributed by atoms with Crippen LogP contribution in [0.5, 0.6) is 5.75 Å². The number of fused-ring (bicyclic) bond motifs is 5. The Bertz CT molecular complexity index is 893. The summed E-state index contributed by atoms with van der Waals surface area (Å²) in [6.07, 6.45) is 17.1. The summed E-state index contributed by atoms with van der Waals surface area (Å²) < 4.78 is 6.46. The molecule has 0 radical (unpaired) electrons. The van der Waals surface area contributed by atoms with Gasteiger partial charge in [0.2, 0.25) is 0 Å². The molecule has 0 bridgehead atoms. The van der Waals surface area contributed by atoms with Crippen molar-refractivity contribution < 1.29 is 4.74 Å². The maximum absolute atomic E-state index is 6.46. The molecule has 1 aromatic rings. The van der Waals surface area contributed by atoms with Gasteiger partial charge in [-0.2, -0.15) is 0 Å². The minimum absolute atomic E-state index is 0.303. The van der Waals surface area contributed by atoms with Crippen LogP contribution in [0.4, 0.5) is 11.4 Å². The molecule has 4 saturated carbocycles. The standard InChI is InChI=1S/C33H54N2O/c1-21(2)7-6-8-22(3)29-11-12-30-28-10-9-23-17-26(36-27-19-24(34)18-25(35)20-27)13-15-32(23,4)31(28)14-16-33(29,30)5/h18-23,26,28-31H,6-17,34-35H2,1-5H3/t22?,23?,26?,28-,29+,30-,31-,32-,33+/m0/s1. The zero-order valence-corrected chi connectivity index (χ0v) is 23.9. The molecule has 4 fully saturated rings. The molecule has 4 N–H and O–H groups in total. The maximum Gasteiger partial charge on any atom is 0.123 e. The fourth-order valence-corrected chi connectivity index (χ4v) is 10.3. The molecule has 0 spiro atoms. The van der Waals surface area contributed by atoms with E-state index < -0.39 is 0 Å². The van der Waals surface area contributed by atoms with Crippen LogP contribution < -0.4 is 16.2 Å². The first-order valence-electron chi connectivity index (χ1n) is 15.4. The molecule has 0 aromatic heterocycles. The second kappa shape index (κ2) is 10.1. The highest BCUT2D eigenvalue weighted by molar-refractivity contribution is 5.56. The predicted octanol–water partition coefficient (Wildman–Crippen LogP) is 8.72. The van der Waals surface area contributed by atoms with Gasteiger partial charge < -0.3 is 16.2 Å². The molecule has 0 saturated heterocycles. The van der Waals surface area contributed by atoms with E-state index in [2.05, 4.69) is 34.6 Å². The first-order valence-corrected chi connectivity index (χ1v) is 15.4. The summed E-state index contributed by atoms with van der Waals surface area (Å²) in [5.41, 5.74) is 14.5. The van der Waals surface area contributed by atoms with Crippen molar-refractivity contribution in [2.45, 2.75) is 118 Å². The molecule has 4 aliphatic carbocycles. The third-order valence-electron chi connectivity index (χ3n) is 12.1. The number of nitrogen functional groups attached to an aromatic ring is 2. The molecule has 4 aliphatic rings. The highest BCUT2D eigenvalue weighted by Gasteiger charge is 2.60. The van der Waals surface area contributed by atoms with Crippen LogP contribution in [0.2, 0.25) is 0 Å². The molecular weight excluding hydrogens is 440 g/mol. The van der Waals surface area contributed by atoms with E-state index in [0.29, 0.717) is 28.3 Å². The second-order valence-electron chi connectivity index (χ2n) is 14.5. The van der Waals surface area contributed by atoms with Gasteiger partial charge in [-0.1, -0.05) is 53.9 Å². The lowest BCUT2D eigenvalue weighted by Crippen LogP contribution is -2.54. The van der Waals surface area contributed by atoms with E-state index in [9.17, 15) is 0 Å². The molecule has 202 valence electrons. The summed E-state index contributed by atoms with van der Waals surface area (Å²) in [5, 5.41) is 0. The average Bonchev–Trinajstić information content (AvgIpc) is 3.15. The summed E-state index contributed by atoms with van der Waals surface area (Å²) in [7, 11) is 0. The van der Waals surface area contributed by atoms with Crippen LogP contribution in [0.15, 0.2) is 18.2 Å². The molecular formula is C33H54N2O. The van der Waals surface area contributed by atoms with Gasteiger partial charge in [0, 0.05) is 23.5 Å². The van der Waals surface area contributed by atoms with Gasteiger partial charge in [-0.05, 0) is 116 Å². The molecule has 3 heteroatoms. The van der Waals surface area contributed by atoms with E-state index in [1.165, 1.54) is 77.0 Å². The molecule has 0 heterocycles. The highest BCUT2D eigenvalue weighted by atomic mass is 16.5. The lowest BCUT2D eigenvalue weighted by Gasteiger charge is -2.61. The Balaban J connectivity index is 1.24. The second-order valence-corrected chi connectivity index (χ2v) is 14.5. The van der Waals surface area contributed by atoms with Crippen molar-refractivity contribution in [1.29, 1.82) is 0 Å². The molecule has 5 rings (SSSR count). The highest BCUT2D eigenvalue weighted by Crippen LogP contribution is 2.68. The van der Waals surface area contributed by atoms with Gasteiger partial charge >= 0.3 is 0 Å². The fourth-order valence-electron chi connectivity index (χ4n) is 10.3. The summed E-state index contributed by atoms with van der Waals surface area (Å²) in [5.74, 6) is 7.20. The van der Waals surface area contributed by atoms with E-state index in [0.717, 1.165) is 47.2 Å². The van der Waals surface area contributed by atoms with Crippen molar-refractivity contribution in [2.75, 3.05) is 11.5 Å². The molecule has 36 heavy (non-hydrogen) atoms. The fraction of sp³-hybridized carbons (Fsp3) is 0.818. The number of nitrogens with two attached hydrogens (primary N) is 2. The van der Waals surface area contributed by atoms with Gasteiger partial charge in [-0.25, -0.2) is 0 Å². The number of ether oxygens (including phenoxy) is 1. The Morgan fingerprint density at radius 3 is 2.25 bits per heavy atom. The zero-order valence-electron chi connectivity index (χ0n) is 23.9. The predicted molar refractivity (Wildman–Crippen MR) is 153 cm³/mol. The monoisotopic (exact) mass is 494 g/mol. The van der Waals surface area contributed by atoms with E-state index in [4.69, 9.17) is 16.2 Å². The van der Waals surface area contributed by atoms with Crippen LogP contribution in [0.25, 0.3) is 0 Å². The van der Waals surface area contributed by atoms with E-state index >= 15 is 0 Å². The average molecular weight is 495 g/mol. The van der Waals surface area contributed by atoms with Crippen molar-refractivity contribution in [3.63, 3.8) is 0 Å². The minimum atomic E-state index is 0.303. The Hall–Kier alpha value is -1.38. The third-order valence-corrected chi connectivity index (χ3v) is 12.1. The summed E-state index contributed by atoms with van der Waals surface area (Å²) in [6.45, 7) is 12.7. The van der Waals surface area contributed by atoms with E-state index in [-0.39, 0.29) is 0 Å². The first-order chi connectivity index (χ1) is 17.1. The van der Waals surface area contributed by atoms with Gasteiger partial charge in [-0.15, -0.1) is 0 Å². The number of hydrogen-bond acceptors (Lipinski definition) is 3. The number of hydrogen-bond donors (Lipinski definition) is 2. The number of anilines is 2. The normalized spacial score (nSPS) is 40.8. The smallest absolute Gasteiger partial charge is 0.123 e. The van der Waals surface area contributed by atoms with Crippen LogP contribution in [-0.2, 0) is 0 Å². The van der Waals surface area contributed by atoms with Gasteiger partial charge in [0.15, 0.2) is 0 Å². The van der Waals surface area contributed by atoms with Gasteiger partial charge in [0.25, 0.3) is 0 Å². The zero-order chi connectivity index (χ0) is 25.7. The minimum Gasteiger partial charge on any atom is -0.490 e. The number of rotatable bonds is 7. The summed E-state index contributed by atoms with van der Waals surface area (Å²) in [6, 6.07) is 5.68. The summed E-state index contributed by atoms with van der Waals surface area (Å²) in [4.78, 5) is 0.